The van der Waals surface area contributed by atoms with Crippen LogP contribution in [0, 0.1) is 5.41 Å². The lowest BCUT2D eigenvalue weighted by Gasteiger charge is -2.25. The fourth-order valence-electron chi connectivity index (χ4n) is 3.55. The minimum atomic E-state index is 0.472. The molecule has 1 aromatic rings. The van der Waals surface area contributed by atoms with Crippen LogP contribution in [-0.2, 0) is 0 Å². The largest absolute Gasteiger partial charge is 0.319 e. The zero-order valence-corrected chi connectivity index (χ0v) is 12.8. The van der Waals surface area contributed by atoms with E-state index >= 15 is 0 Å². The first-order valence-corrected chi connectivity index (χ1v) is 8.27. The standard InChI is InChI=1S/C16H24N2S/c1-16(11-17-2)7-8-18(12-16)9-13-10-19-15-6-4-3-5-14(13)15/h3-6,13,17H,7-12H2,1-2H3. The highest BCUT2D eigenvalue weighted by Gasteiger charge is 2.35. The van der Waals surface area contributed by atoms with Crippen molar-refractivity contribution < 1.29 is 0 Å². The Morgan fingerprint density at radius 2 is 2.26 bits per heavy atom. The summed E-state index contributed by atoms with van der Waals surface area (Å²) in [4.78, 5) is 4.18. The molecular formula is C16H24N2S. The van der Waals surface area contributed by atoms with Gasteiger partial charge in [0.25, 0.3) is 0 Å². The monoisotopic (exact) mass is 276 g/mol. The molecule has 2 nitrogen and oxygen atoms in total. The Labute approximate surface area is 121 Å². The predicted molar refractivity (Wildman–Crippen MR) is 83.0 cm³/mol. The van der Waals surface area contributed by atoms with Crippen LogP contribution in [0.15, 0.2) is 29.2 Å². The topological polar surface area (TPSA) is 15.3 Å². The van der Waals surface area contributed by atoms with Crippen molar-refractivity contribution in [2.45, 2.75) is 24.2 Å². The van der Waals surface area contributed by atoms with E-state index in [0.29, 0.717) is 5.41 Å². The van der Waals surface area contributed by atoms with Gasteiger partial charge in [-0.2, -0.15) is 0 Å². The quantitative estimate of drug-likeness (QED) is 0.910. The van der Waals surface area contributed by atoms with Crippen LogP contribution in [0.5, 0.6) is 0 Å². The summed E-state index contributed by atoms with van der Waals surface area (Å²) in [5.74, 6) is 2.00. The van der Waals surface area contributed by atoms with Crippen molar-refractivity contribution in [2.24, 2.45) is 5.41 Å². The number of hydrogen-bond acceptors (Lipinski definition) is 3. The molecule has 2 atom stereocenters. The first kappa shape index (κ1) is 13.5. The van der Waals surface area contributed by atoms with Crippen LogP contribution in [0.2, 0.25) is 0 Å². The third-order valence-corrected chi connectivity index (χ3v) is 5.77. The molecule has 2 unspecified atom stereocenters. The Bertz CT molecular complexity index is 448. The van der Waals surface area contributed by atoms with Crippen LogP contribution in [0.4, 0.5) is 0 Å². The van der Waals surface area contributed by atoms with Gasteiger partial charge in [0.1, 0.15) is 0 Å². The number of likely N-dealkylation sites (tertiary alicyclic amines) is 1. The highest BCUT2D eigenvalue weighted by Crippen LogP contribution is 2.40. The number of thioether (sulfide) groups is 1. The summed E-state index contributed by atoms with van der Waals surface area (Å²) >= 11 is 2.03. The fraction of sp³-hybridized carbons (Fsp3) is 0.625. The van der Waals surface area contributed by atoms with Gasteiger partial charge in [-0.15, -0.1) is 11.8 Å². The van der Waals surface area contributed by atoms with Crippen LogP contribution in [-0.4, -0.2) is 43.9 Å². The second-order valence-corrected chi connectivity index (χ2v) is 7.43. The molecule has 0 aliphatic carbocycles. The Hall–Kier alpha value is -0.510. The number of nitrogens with zero attached hydrogens (tertiary/aromatic N) is 1. The van der Waals surface area contributed by atoms with E-state index in [1.54, 1.807) is 5.56 Å². The summed E-state index contributed by atoms with van der Waals surface area (Å²) < 4.78 is 0. The van der Waals surface area contributed by atoms with E-state index in [-0.39, 0.29) is 0 Å². The van der Waals surface area contributed by atoms with Gasteiger partial charge in [0.15, 0.2) is 0 Å². The van der Waals surface area contributed by atoms with Crippen LogP contribution >= 0.6 is 11.8 Å². The molecule has 1 saturated heterocycles. The predicted octanol–water partition coefficient (Wildman–Crippen LogP) is 2.81. The lowest BCUT2D eigenvalue weighted by atomic mass is 9.90. The lowest BCUT2D eigenvalue weighted by Crippen LogP contribution is -2.34. The molecule has 2 aliphatic rings. The smallest absolute Gasteiger partial charge is 0.0108 e. The van der Waals surface area contributed by atoms with Gasteiger partial charge < -0.3 is 10.2 Å². The average molecular weight is 276 g/mol. The van der Waals surface area contributed by atoms with Gasteiger partial charge in [-0.05, 0) is 37.1 Å². The molecule has 2 heterocycles. The van der Waals surface area contributed by atoms with Gasteiger partial charge in [-0.25, -0.2) is 0 Å². The number of benzene rings is 1. The van der Waals surface area contributed by atoms with E-state index in [1.165, 1.54) is 36.7 Å². The summed E-state index contributed by atoms with van der Waals surface area (Å²) in [6.07, 6.45) is 1.33. The minimum Gasteiger partial charge on any atom is -0.319 e. The van der Waals surface area contributed by atoms with Gasteiger partial charge >= 0.3 is 0 Å². The fourth-order valence-corrected chi connectivity index (χ4v) is 4.79. The third-order valence-electron chi connectivity index (χ3n) is 4.52. The third kappa shape index (κ3) is 2.83. The lowest BCUT2D eigenvalue weighted by molar-refractivity contribution is 0.263. The molecule has 3 rings (SSSR count). The Kier molecular flexibility index (Phi) is 3.88. The van der Waals surface area contributed by atoms with E-state index in [4.69, 9.17) is 0 Å². The second-order valence-electron chi connectivity index (χ2n) is 6.37. The van der Waals surface area contributed by atoms with E-state index < -0.39 is 0 Å². The maximum Gasteiger partial charge on any atom is 0.0108 e. The second kappa shape index (κ2) is 5.47. The van der Waals surface area contributed by atoms with Crippen molar-refractivity contribution in [2.75, 3.05) is 39.0 Å². The summed E-state index contributed by atoms with van der Waals surface area (Å²) in [7, 11) is 2.07. The molecule has 3 heteroatoms. The molecule has 0 aromatic heterocycles. The molecule has 19 heavy (non-hydrogen) atoms. The van der Waals surface area contributed by atoms with Crippen molar-refractivity contribution in [1.29, 1.82) is 0 Å². The molecule has 1 aromatic carbocycles. The molecule has 1 N–H and O–H groups in total. The zero-order valence-electron chi connectivity index (χ0n) is 12.0. The van der Waals surface area contributed by atoms with E-state index in [2.05, 4.69) is 48.5 Å². The molecule has 0 radical (unpaired) electrons. The first-order valence-electron chi connectivity index (χ1n) is 7.29. The number of fused-ring (bicyclic) bond motifs is 1. The molecule has 0 bridgehead atoms. The summed E-state index contributed by atoms with van der Waals surface area (Å²) in [6.45, 7) is 7.31. The maximum absolute atomic E-state index is 3.35. The number of hydrogen-bond donors (Lipinski definition) is 1. The zero-order chi connectivity index (χ0) is 13.3. The van der Waals surface area contributed by atoms with Crippen LogP contribution in [0.3, 0.4) is 0 Å². The van der Waals surface area contributed by atoms with Crippen molar-refractivity contribution in [3.8, 4) is 0 Å². The summed E-state index contributed by atoms with van der Waals surface area (Å²) in [6, 6.07) is 8.94. The highest BCUT2D eigenvalue weighted by atomic mass is 32.2. The molecule has 1 fully saturated rings. The van der Waals surface area contributed by atoms with E-state index in [9.17, 15) is 0 Å². The van der Waals surface area contributed by atoms with E-state index in [1.807, 2.05) is 11.8 Å². The van der Waals surface area contributed by atoms with E-state index in [0.717, 1.165) is 12.5 Å². The SMILES string of the molecule is CNCC1(C)CCN(CC2CSc3ccccc32)C1. The van der Waals surface area contributed by atoms with Gasteiger partial charge in [0.2, 0.25) is 0 Å². The van der Waals surface area contributed by atoms with Crippen molar-refractivity contribution in [1.82, 2.24) is 10.2 Å². The molecule has 0 spiro atoms. The first-order chi connectivity index (χ1) is 9.20. The molecule has 104 valence electrons. The van der Waals surface area contributed by atoms with Crippen LogP contribution in [0.1, 0.15) is 24.8 Å². The summed E-state index contributed by atoms with van der Waals surface area (Å²) in [5, 5.41) is 3.35. The number of nitrogens with one attached hydrogen (secondary N) is 1. The normalized spacial score (nSPS) is 30.7. The van der Waals surface area contributed by atoms with Gasteiger partial charge in [0, 0.05) is 36.2 Å². The summed E-state index contributed by atoms with van der Waals surface area (Å²) in [5.41, 5.74) is 2.05. The number of rotatable bonds is 4. The van der Waals surface area contributed by atoms with Crippen molar-refractivity contribution >= 4 is 11.8 Å². The minimum absolute atomic E-state index is 0.472. The molecule has 0 amide bonds. The van der Waals surface area contributed by atoms with Crippen LogP contribution in [0.25, 0.3) is 0 Å². The Morgan fingerprint density at radius 3 is 3.11 bits per heavy atom. The molecule has 0 saturated carbocycles. The van der Waals surface area contributed by atoms with Gasteiger partial charge in [0.05, 0.1) is 0 Å². The average Bonchev–Trinajstić information content (AvgIpc) is 2.96. The van der Waals surface area contributed by atoms with Crippen molar-refractivity contribution in [3.05, 3.63) is 29.8 Å². The maximum atomic E-state index is 3.35. The Balaban J connectivity index is 1.62. The van der Waals surface area contributed by atoms with Gasteiger partial charge in [-0.3, -0.25) is 0 Å². The highest BCUT2D eigenvalue weighted by molar-refractivity contribution is 7.99. The molecule has 2 aliphatic heterocycles. The van der Waals surface area contributed by atoms with Gasteiger partial charge in [-0.1, -0.05) is 25.1 Å². The van der Waals surface area contributed by atoms with Crippen LogP contribution < -0.4 is 5.32 Å². The Morgan fingerprint density at radius 1 is 1.42 bits per heavy atom. The molecular weight excluding hydrogens is 252 g/mol. The van der Waals surface area contributed by atoms with Crippen molar-refractivity contribution in [3.63, 3.8) is 0 Å².